The van der Waals surface area contributed by atoms with E-state index < -0.39 is 6.04 Å². The van der Waals surface area contributed by atoms with E-state index in [-0.39, 0.29) is 30.7 Å². The zero-order valence-corrected chi connectivity index (χ0v) is 16.0. The predicted molar refractivity (Wildman–Crippen MR) is 104 cm³/mol. The summed E-state index contributed by atoms with van der Waals surface area (Å²) >= 11 is 0. The van der Waals surface area contributed by atoms with Crippen LogP contribution in [0.15, 0.2) is 48.8 Å². The van der Waals surface area contributed by atoms with Crippen LogP contribution in [-0.4, -0.2) is 40.8 Å². The van der Waals surface area contributed by atoms with Crippen LogP contribution in [-0.2, 0) is 20.9 Å². The molecule has 7 heteroatoms. The first-order valence-corrected chi connectivity index (χ1v) is 9.24. The van der Waals surface area contributed by atoms with Crippen LogP contribution in [0.1, 0.15) is 31.7 Å². The number of pyridine rings is 1. The number of carbonyl (C=O) groups excluding carboxylic acids is 3. The molecular formula is C21H23N3O4. The van der Waals surface area contributed by atoms with E-state index in [0.29, 0.717) is 24.3 Å². The first-order valence-electron chi connectivity index (χ1n) is 9.24. The summed E-state index contributed by atoms with van der Waals surface area (Å²) in [6.45, 7) is 2.15. The Balaban J connectivity index is 1.86. The molecule has 1 saturated heterocycles. The lowest BCUT2D eigenvalue weighted by Crippen LogP contribution is -2.45. The Kier molecular flexibility index (Phi) is 6.03. The minimum atomic E-state index is -0.811. The average molecular weight is 381 g/mol. The number of ether oxygens (including phenoxy) is 1. The average Bonchev–Trinajstić information content (AvgIpc) is 3.01. The summed E-state index contributed by atoms with van der Waals surface area (Å²) in [5, 5.41) is 0. The number of imide groups is 1. The normalized spacial score (nSPS) is 16.4. The number of nitrogens with zero attached hydrogens (tertiary/aromatic N) is 3. The molecule has 1 aromatic heterocycles. The summed E-state index contributed by atoms with van der Waals surface area (Å²) in [5.41, 5.74) is 1.29. The summed E-state index contributed by atoms with van der Waals surface area (Å²) in [6, 6.07) is 9.53. The van der Waals surface area contributed by atoms with Gasteiger partial charge in [-0.2, -0.15) is 0 Å². The van der Waals surface area contributed by atoms with Gasteiger partial charge in [0.15, 0.2) is 0 Å². The lowest BCUT2D eigenvalue weighted by Gasteiger charge is -2.27. The van der Waals surface area contributed by atoms with Gasteiger partial charge in [-0.05, 0) is 42.3 Å². The zero-order valence-electron chi connectivity index (χ0n) is 16.0. The number of benzene rings is 1. The molecule has 0 saturated carbocycles. The van der Waals surface area contributed by atoms with Crippen LogP contribution in [0.2, 0.25) is 0 Å². The fraction of sp³-hybridized carbons (Fsp3) is 0.333. The van der Waals surface area contributed by atoms with E-state index in [0.717, 1.165) is 10.5 Å². The van der Waals surface area contributed by atoms with Gasteiger partial charge in [0.25, 0.3) is 5.91 Å². The van der Waals surface area contributed by atoms with E-state index in [9.17, 15) is 14.4 Å². The molecular weight excluding hydrogens is 358 g/mol. The second-order valence-electron chi connectivity index (χ2n) is 6.62. The molecule has 0 bridgehead atoms. The molecule has 2 aromatic rings. The quantitative estimate of drug-likeness (QED) is 0.689. The molecule has 0 aliphatic carbocycles. The van der Waals surface area contributed by atoms with Crippen LogP contribution in [0, 0.1) is 0 Å². The van der Waals surface area contributed by atoms with Crippen LogP contribution in [0.4, 0.5) is 5.69 Å². The smallest absolute Gasteiger partial charge is 0.257 e. The molecule has 2 heterocycles. The monoisotopic (exact) mass is 381 g/mol. The fourth-order valence-corrected chi connectivity index (χ4v) is 3.28. The highest BCUT2D eigenvalue weighted by Crippen LogP contribution is 2.28. The highest BCUT2D eigenvalue weighted by Gasteiger charge is 2.44. The van der Waals surface area contributed by atoms with Gasteiger partial charge in [0.05, 0.1) is 19.2 Å². The Bertz CT molecular complexity index is 852. The molecule has 3 rings (SSSR count). The van der Waals surface area contributed by atoms with Gasteiger partial charge in [-0.25, -0.2) is 4.90 Å². The predicted octanol–water partition coefficient (Wildman–Crippen LogP) is 2.55. The number of methoxy groups -OCH3 is 1. The maximum absolute atomic E-state index is 13.1. The molecule has 1 aliphatic heterocycles. The zero-order chi connectivity index (χ0) is 20.1. The second kappa shape index (κ2) is 8.65. The van der Waals surface area contributed by atoms with Gasteiger partial charge in [0.1, 0.15) is 11.8 Å². The summed E-state index contributed by atoms with van der Waals surface area (Å²) in [4.78, 5) is 45.1. The Morgan fingerprint density at radius 3 is 2.61 bits per heavy atom. The van der Waals surface area contributed by atoms with Crippen molar-refractivity contribution in [3.8, 4) is 5.75 Å². The summed E-state index contributed by atoms with van der Waals surface area (Å²) < 4.78 is 5.12. The van der Waals surface area contributed by atoms with Crippen molar-refractivity contribution in [2.24, 2.45) is 0 Å². The van der Waals surface area contributed by atoms with E-state index in [1.54, 1.807) is 49.8 Å². The van der Waals surface area contributed by atoms with Crippen molar-refractivity contribution in [3.05, 3.63) is 54.4 Å². The molecule has 3 amide bonds. The minimum absolute atomic E-state index is 0.0272. The summed E-state index contributed by atoms with van der Waals surface area (Å²) in [6.07, 6.45) is 4.27. The molecule has 0 radical (unpaired) electrons. The Labute approximate surface area is 163 Å². The van der Waals surface area contributed by atoms with E-state index in [4.69, 9.17) is 4.74 Å². The molecule has 1 aromatic carbocycles. The number of carbonyl (C=O) groups is 3. The van der Waals surface area contributed by atoms with Crippen molar-refractivity contribution in [3.63, 3.8) is 0 Å². The number of hydrogen-bond acceptors (Lipinski definition) is 5. The van der Waals surface area contributed by atoms with Gasteiger partial charge in [-0.1, -0.05) is 13.0 Å². The van der Waals surface area contributed by atoms with Crippen LogP contribution in [0.5, 0.6) is 5.75 Å². The first kappa shape index (κ1) is 19.5. The molecule has 0 N–H and O–H groups in total. The maximum atomic E-state index is 13.1. The minimum Gasteiger partial charge on any atom is -0.497 e. The van der Waals surface area contributed by atoms with Gasteiger partial charge in [-0.15, -0.1) is 0 Å². The third kappa shape index (κ3) is 4.03. The van der Waals surface area contributed by atoms with Crippen molar-refractivity contribution in [1.82, 2.24) is 9.88 Å². The van der Waals surface area contributed by atoms with Gasteiger partial charge in [0, 0.05) is 25.4 Å². The van der Waals surface area contributed by atoms with Crippen molar-refractivity contribution >= 4 is 23.4 Å². The van der Waals surface area contributed by atoms with Crippen LogP contribution in [0.25, 0.3) is 0 Å². The lowest BCUT2D eigenvalue weighted by molar-refractivity contribution is -0.139. The topological polar surface area (TPSA) is 79.8 Å². The Morgan fingerprint density at radius 2 is 2.00 bits per heavy atom. The molecule has 28 heavy (non-hydrogen) atoms. The SMILES string of the molecule is CCCC(=O)N(Cc1cccnc1)C1CC(=O)N(c2ccc(OC)cc2)C1=O. The number of hydrogen-bond donors (Lipinski definition) is 0. The van der Waals surface area contributed by atoms with Gasteiger partial charge < -0.3 is 9.64 Å². The fourth-order valence-electron chi connectivity index (χ4n) is 3.28. The van der Waals surface area contributed by atoms with E-state index in [1.165, 1.54) is 4.90 Å². The van der Waals surface area contributed by atoms with Crippen LogP contribution < -0.4 is 9.64 Å². The maximum Gasteiger partial charge on any atom is 0.257 e. The molecule has 1 fully saturated rings. The number of aromatic nitrogens is 1. The van der Waals surface area contributed by atoms with Crippen molar-refractivity contribution in [1.29, 1.82) is 0 Å². The van der Waals surface area contributed by atoms with E-state index >= 15 is 0 Å². The number of amides is 3. The third-order valence-corrected chi connectivity index (χ3v) is 4.69. The van der Waals surface area contributed by atoms with Crippen LogP contribution in [0.3, 0.4) is 0 Å². The highest BCUT2D eigenvalue weighted by atomic mass is 16.5. The standard InChI is InChI=1S/C21H23N3O4/c1-3-5-19(25)23(14-15-6-4-11-22-13-15)18-12-20(26)24(21(18)27)16-7-9-17(28-2)10-8-16/h4,6-11,13,18H,3,5,12,14H2,1-2H3. The largest absolute Gasteiger partial charge is 0.497 e. The molecule has 1 unspecified atom stereocenters. The molecule has 7 nitrogen and oxygen atoms in total. The third-order valence-electron chi connectivity index (χ3n) is 4.69. The number of anilines is 1. The molecule has 146 valence electrons. The summed E-state index contributed by atoms with van der Waals surface area (Å²) in [5.74, 6) is -0.214. The van der Waals surface area contributed by atoms with Crippen molar-refractivity contribution < 1.29 is 19.1 Å². The first-order chi connectivity index (χ1) is 13.5. The van der Waals surface area contributed by atoms with Crippen LogP contribution >= 0.6 is 0 Å². The molecule has 0 spiro atoms. The van der Waals surface area contributed by atoms with Crippen molar-refractivity contribution in [2.75, 3.05) is 12.0 Å². The second-order valence-corrected chi connectivity index (χ2v) is 6.62. The van der Waals surface area contributed by atoms with Crippen molar-refractivity contribution in [2.45, 2.75) is 38.8 Å². The van der Waals surface area contributed by atoms with Gasteiger partial charge in [-0.3, -0.25) is 19.4 Å². The number of rotatable bonds is 7. The van der Waals surface area contributed by atoms with Gasteiger partial charge >= 0.3 is 0 Å². The summed E-state index contributed by atoms with van der Waals surface area (Å²) in [7, 11) is 1.55. The van der Waals surface area contributed by atoms with E-state index in [1.807, 2.05) is 13.0 Å². The van der Waals surface area contributed by atoms with Gasteiger partial charge in [0.2, 0.25) is 11.8 Å². The molecule has 1 atom stereocenters. The highest BCUT2D eigenvalue weighted by molar-refractivity contribution is 6.23. The molecule has 1 aliphatic rings. The van der Waals surface area contributed by atoms with E-state index in [2.05, 4.69) is 4.98 Å². The lowest BCUT2D eigenvalue weighted by atomic mass is 10.1. The Hall–Kier alpha value is -3.22. The Morgan fingerprint density at radius 1 is 1.25 bits per heavy atom.